The van der Waals surface area contributed by atoms with Crippen LogP contribution in [0.25, 0.3) is 0 Å². The van der Waals surface area contributed by atoms with Crippen molar-refractivity contribution in [2.75, 3.05) is 19.6 Å². The molecular formula is C15H26N2O. The fourth-order valence-electron chi connectivity index (χ4n) is 4.08. The second-order valence-electron chi connectivity index (χ2n) is 6.78. The lowest BCUT2D eigenvalue weighted by Gasteiger charge is -2.23. The Morgan fingerprint density at radius 2 is 2.11 bits per heavy atom. The van der Waals surface area contributed by atoms with Crippen molar-refractivity contribution in [1.82, 2.24) is 10.6 Å². The predicted octanol–water partition coefficient (Wildman–Crippen LogP) is 1.93. The first-order chi connectivity index (χ1) is 8.71. The molecule has 102 valence electrons. The third kappa shape index (κ3) is 2.29. The van der Waals surface area contributed by atoms with Crippen LogP contribution in [0.5, 0.6) is 0 Å². The molecule has 0 radical (unpaired) electrons. The molecule has 3 atom stereocenters. The summed E-state index contributed by atoms with van der Waals surface area (Å²) in [6, 6.07) is 0. The standard InChI is InChI=1S/C15H26N2O/c1-11-3-2-4-12(11)10-17-14(18)13-9-15(13)5-7-16-8-6-15/h11-13,16H,2-10H2,1H3,(H,17,18). The summed E-state index contributed by atoms with van der Waals surface area (Å²) in [6.45, 7) is 5.45. The van der Waals surface area contributed by atoms with E-state index >= 15 is 0 Å². The topological polar surface area (TPSA) is 41.1 Å². The molecule has 2 N–H and O–H groups in total. The number of nitrogens with one attached hydrogen (secondary N) is 2. The van der Waals surface area contributed by atoms with Gasteiger partial charge in [-0.3, -0.25) is 4.79 Å². The lowest BCUT2D eigenvalue weighted by molar-refractivity contribution is -0.123. The Bertz CT molecular complexity index is 322. The van der Waals surface area contributed by atoms with Crippen molar-refractivity contribution in [2.24, 2.45) is 23.2 Å². The molecule has 3 nitrogen and oxygen atoms in total. The first-order valence-corrected chi connectivity index (χ1v) is 7.70. The number of carbonyl (C=O) groups excluding carboxylic acids is 1. The number of hydrogen-bond acceptors (Lipinski definition) is 2. The highest BCUT2D eigenvalue weighted by atomic mass is 16.2. The van der Waals surface area contributed by atoms with Crippen molar-refractivity contribution >= 4 is 5.91 Å². The van der Waals surface area contributed by atoms with Gasteiger partial charge in [-0.15, -0.1) is 0 Å². The summed E-state index contributed by atoms with van der Waals surface area (Å²) in [5.41, 5.74) is 0.386. The van der Waals surface area contributed by atoms with Gasteiger partial charge in [0.15, 0.2) is 0 Å². The van der Waals surface area contributed by atoms with Crippen LogP contribution >= 0.6 is 0 Å². The van der Waals surface area contributed by atoms with Crippen molar-refractivity contribution < 1.29 is 4.79 Å². The average Bonchev–Trinajstić information content (AvgIpc) is 2.90. The van der Waals surface area contributed by atoms with Gasteiger partial charge in [0.2, 0.25) is 5.91 Å². The molecule has 3 aliphatic rings. The van der Waals surface area contributed by atoms with Crippen LogP contribution in [0, 0.1) is 23.2 Å². The fraction of sp³-hybridized carbons (Fsp3) is 0.933. The molecule has 1 heterocycles. The van der Waals surface area contributed by atoms with E-state index < -0.39 is 0 Å². The van der Waals surface area contributed by atoms with Gasteiger partial charge < -0.3 is 10.6 Å². The molecule has 2 aliphatic carbocycles. The minimum Gasteiger partial charge on any atom is -0.356 e. The van der Waals surface area contributed by atoms with Crippen LogP contribution in [0.2, 0.25) is 0 Å². The number of amides is 1. The van der Waals surface area contributed by atoms with Gasteiger partial charge in [0.1, 0.15) is 0 Å². The minimum absolute atomic E-state index is 0.330. The first-order valence-electron chi connectivity index (χ1n) is 7.70. The Balaban J connectivity index is 1.45. The second-order valence-corrected chi connectivity index (χ2v) is 6.78. The van der Waals surface area contributed by atoms with Crippen molar-refractivity contribution in [3.8, 4) is 0 Å². The van der Waals surface area contributed by atoms with Crippen LogP contribution in [0.4, 0.5) is 0 Å². The largest absolute Gasteiger partial charge is 0.356 e. The van der Waals surface area contributed by atoms with Gasteiger partial charge in [-0.1, -0.05) is 19.8 Å². The maximum Gasteiger partial charge on any atom is 0.223 e. The highest BCUT2D eigenvalue weighted by molar-refractivity contribution is 5.82. The van der Waals surface area contributed by atoms with Crippen molar-refractivity contribution in [3.63, 3.8) is 0 Å². The third-order valence-electron chi connectivity index (χ3n) is 5.68. The summed E-state index contributed by atoms with van der Waals surface area (Å²) in [5.74, 6) is 2.21. The molecule has 2 saturated carbocycles. The van der Waals surface area contributed by atoms with Crippen LogP contribution in [0.1, 0.15) is 45.4 Å². The van der Waals surface area contributed by atoms with E-state index in [4.69, 9.17) is 0 Å². The van der Waals surface area contributed by atoms with E-state index in [-0.39, 0.29) is 0 Å². The monoisotopic (exact) mass is 250 g/mol. The normalized spacial score (nSPS) is 37.7. The maximum absolute atomic E-state index is 12.2. The highest BCUT2D eigenvalue weighted by Gasteiger charge is 2.57. The lowest BCUT2D eigenvalue weighted by Crippen LogP contribution is -2.35. The maximum atomic E-state index is 12.2. The Morgan fingerprint density at radius 1 is 1.33 bits per heavy atom. The summed E-state index contributed by atoms with van der Waals surface area (Å²) in [4.78, 5) is 12.2. The van der Waals surface area contributed by atoms with E-state index in [9.17, 15) is 4.79 Å². The van der Waals surface area contributed by atoms with E-state index in [0.29, 0.717) is 17.2 Å². The summed E-state index contributed by atoms with van der Waals surface area (Å²) in [7, 11) is 0. The summed E-state index contributed by atoms with van der Waals surface area (Å²) >= 11 is 0. The molecule has 1 spiro atoms. The molecule has 18 heavy (non-hydrogen) atoms. The molecule has 1 aliphatic heterocycles. The van der Waals surface area contributed by atoms with Gasteiger partial charge in [-0.2, -0.15) is 0 Å². The Labute approximate surface area is 110 Å². The molecule has 0 aromatic carbocycles. The highest BCUT2D eigenvalue weighted by Crippen LogP contribution is 2.58. The summed E-state index contributed by atoms with van der Waals surface area (Å²) in [5, 5.41) is 6.62. The zero-order valence-electron chi connectivity index (χ0n) is 11.5. The lowest BCUT2D eigenvalue weighted by atomic mass is 9.91. The Morgan fingerprint density at radius 3 is 2.78 bits per heavy atom. The SMILES string of the molecule is CC1CCCC1CNC(=O)C1CC12CCNCC2. The smallest absolute Gasteiger partial charge is 0.223 e. The number of rotatable bonds is 3. The van der Waals surface area contributed by atoms with Gasteiger partial charge >= 0.3 is 0 Å². The fourth-order valence-corrected chi connectivity index (χ4v) is 4.08. The molecule has 1 saturated heterocycles. The van der Waals surface area contributed by atoms with Crippen molar-refractivity contribution in [2.45, 2.75) is 45.4 Å². The van der Waals surface area contributed by atoms with Crippen molar-refractivity contribution in [1.29, 1.82) is 0 Å². The number of hydrogen-bond donors (Lipinski definition) is 2. The molecule has 3 rings (SSSR count). The van der Waals surface area contributed by atoms with Crippen LogP contribution in [-0.2, 0) is 4.79 Å². The quantitative estimate of drug-likeness (QED) is 0.803. The predicted molar refractivity (Wildman–Crippen MR) is 72.2 cm³/mol. The third-order valence-corrected chi connectivity index (χ3v) is 5.68. The van der Waals surface area contributed by atoms with E-state index in [1.165, 1.54) is 32.1 Å². The van der Waals surface area contributed by atoms with E-state index in [1.54, 1.807) is 0 Å². The zero-order chi connectivity index (χ0) is 12.6. The van der Waals surface area contributed by atoms with Gasteiger partial charge in [0, 0.05) is 12.5 Å². The summed E-state index contributed by atoms with van der Waals surface area (Å²) < 4.78 is 0. The molecule has 0 aromatic heterocycles. The zero-order valence-corrected chi connectivity index (χ0v) is 11.5. The summed E-state index contributed by atoms with van der Waals surface area (Å²) in [6.07, 6.45) is 7.54. The van der Waals surface area contributed by atoms with Crippen LogP contribution in [0.3, 0.4) is 0 Å². The molecule has 1 amide bonds. The van der Waals surface area contributed by atoms with Crippen molar-refractivity contribution in [3.05, 3.63) is 0 Å². The van der Waals surface area contributed by atoms with Crippen LogP contribution in [-0.4, -0.2) is 25.5 Å². The molecule has 3 heteroatoms. The first kappa shape index (κ1) is 12.5. The average molecular weight is 250 g/mol. The van der Waals surface area contributed by atoms with Crippen LogP contribution in [0.15, 0.2) is 0 Å². The minimum atomic E-state index is 0.330. The molecule has 3 unspecified atom stereocenters. The number of carbonyl (C=O) groups is 1. The second kappa shape index (κ2) is 4.84. The Kier molecular flexibility index (Phi) is 3.35. The Hall–Kier alpha value is -0.570. The van der Waals surface area contributed by atoms with Gasteiger partial charge in [-0.25, -0.2) is 0 Å². The van der Waals surface area contributed by atoms with Gasteiger partial charge in [0.25, 0.3) is 0 Å². The molecule has 0 aromatic rings. The van der Waals surface area contributed by atoms with E-state index in [2.05, 4.69) is 17.6 Å². The molecule has 0 bridgehead atoms. The number of piperidine rings is 1. The molecular weight excluding hydrogens is 224 g/mol. The van der Waals surface area contributed by atoms with Gasteiger partial charge in [0.05, 0.1) is 0 Å². The van der Waals surface area contributed by atoms with Gasteiger partial charge in [-0.05, 0) is 56.0 Å². The van der Waals surface area contributed by atoms with Crippen LogP contribution < -0.4 is 10.6 Å². The molecule has 3 fully saturated rings. The van der Waals surface area contributed by atoms with E-state index in [0.717, 1.165) is 37.9 Å². The van der Waals surface area contributed by atoms with E-state index in [1.807, 2.05) is 0 Å².